The molecule has 1 saturated heterocycles. The van der Waals surface area contributed by atoms with Crippen molar-refractivity contribution in [1.82, 2.24) is 9.88 Å². The lowest BCUT2D eigenvalue weighted by Crippen LogP contribution is -2.41. The highest BCUT2D eigenvalue weighted by molar-refractivity contribution is 5.83. The quantitative estimate of drug-likeness (QED) is 0.259. The third kappa shape index (κ3) is 7.44. The molecule has 0 bridgehead atoms. The molecule has 1 fully saturated rings. The number of benzene rings is 2. The van der Waals surface area contributed by atoms with Gasteiger partial charge in [-0.25, -0.2) is 4.39 Å². The summed E-state index contributed by atoms with van der Waals surface area (Å²) < 4.78 is 26.1. The standard InChI is InChI=1S/C31H39FN2O4/c1-37-25-9-6-22(7-10-25)5-3-4-17-34-18-15-23(24(21-34)19-31(35)36)8-12-29(32)27-14-16-33-30-13-11-26(38-2)20-28(27)30/h6-7,9-11,13-14,16,20,23-24,29H,3-5,8,12,15,17-19,21H2,1-2H3,(H,35,36)/t23-,24+,29+/m1/s1. The van der Waals surface area contributed by atoms with E-state index in [9.17, 15) is 9.90 Å². The van der Waals surface area contributed by atoms with E-state index in [0.717, 1.165) is 62.0 Å². The fourth-order valence-corrected chi connectivity index (χ4v) is 5.71. The highest BCUT2D eigenvalue weighted by Crippen LogP contribution is 2.36. The van der Waals surface area contributed by atoms with Crippen LogP contribution in [0, 0.1) is 11.8 Å². The number of rotatable bonds is 13. The summed E-state index contributed by atoms with van der Waals surface area (Å²) in [4.78, 5) is 18.4. The lowest BCUT2D eigenvalue weighted by Gasteiger charge is -2.38. The van der Waals surface area contributed by atoms with E-state index < -0.39 is 12.1 Å². The summed E-state index contributed by atoms with van der Waals surface area (Å²) in [6.07, 6.45) is 5.80. The molecule has 0 spiro atoms. The number of carbonyl (C=O) groups is 1. The Morgan fingerprint density at radius 3 is 2.58 bits per heavy atom. The predicted octanol–water partition coefficient (Wildman–Crippen LogP) is 6.48. The minimum atomic E-state index is -1.13. The third-order valence-electron chi connectivity index (χ3n) is 7.87. The van der Waals surface area contributed by atoms with Gasteiger partial charge in [0.15, 0.2) is 0 Å². The van der Waals surface area contributed by atoms with E-state index in [1.807, 2.05) is 30.3 Å². The summed E-state index contributed by atoms with van der Waals surface area (Å²) >= 11 is 0. The van der Waals surface area contributed by atoms with E-state index in [2.05, 4.69) is 22.0 Å². The largest absolute Gasteiger partial charge is 0.497 e. The molecule has 0 radical (unpaired) electrons. The van der Waals surface area contributed by atoms with Gasteiger partial charge in [0.05, 0.1) is 19.7 Å². The third-order valence-corrected chi connectivity index (χ3v) is 7.87. The van der Waals surface area contributed by atoms with Gasteiger partial charge >= 0.3 is 5.97 Å². The van der Waals surface area contributed by atoms with E-state index in [0.29, 0.717) is 24.2 Å². The number of aliphatic carboxylic acids is 1. The molecule has 1 aliphatic rings. The van der Waals surface area contributed by atoms with Gasteiger partial charge in [0.1, 0.15) is 17.7 Å². The van der Waals surface area contributed by atoms with Gasteiger partial charge in [-0.05, 0) is 111 Å². The van der Waals surface area contributed by atoms with Crippen LogP contribution in [0.5, 0.6) is 11.5 Å². The Morgan fingerprint density at radius 2 is 1.84 bits per heavy atom. The van der Waals surface area contributed by atoms with Crippen molar-refractivity contribution in [3.05, 3.63) is 65.9 Å². The summed E-state index contributed by atoms with van der Waals surface area (Å²) in [5, 5.41) is 10.3. The zero-order valence-electron chi connectivity index (χ0n) is 22.4. The first kappa shape index (κ1) is 27.8. The summed E-state index contributed by atoms with van der Waals surface area (Å²) in [5.74, 6) is 1.03. The number of aryl methyl sites for hydroxylation is 1. The van der Waals surface area contributed by atoms with Gasteiger partial charge in [0.2, 0.25) is 0 Å². The van der Waals surface area contributed by atoms with Crippen LogP contribution in [0.15, 0.2) is 54.7 Å². The van der Waals surface area contributed by atoms with Gasteiger partial charge < -0.3 is 19.5 Å². The van der Waals surface area contributed by atoms with Gasteiger partial charge in [-0.3, -0.25) is 9.78 Å². The van der Waals surface area contributed by atoms with Gasteiger partial charge in [0.25, 0.3) is 0 Å². The molecule has 4 rings (SSSR count). The van der Waals surface area contributed by atoms with Crippen LogP contribution in [0.4, 0.5) is 4.39 Å². The van der Waals surface area contributed by atoms with Crippen molar-refractivity contribution >= 4 is 16.9 Å². The fraction of sp³-hybridized carbons (Fsp3) is 0.484. The maximum Gasteiger partial charge on any atom is 0.303 e. The van der Waals surface area contributed by atoms with Crippen molar-refractivity contribution in [2.45, 2.75) is 51.1 Å². The van der Waals surface area contributed by atoms with E-state index >= 15 is 4.39 Å². The fourth-order valence-electron chi connectivity index (χ4n) is 5.71. The van der Waals surface area contributed by atoms with Crippen molar-refractivity contribution in [3.8, 4) is 11.5 Å². The van der Waals surface area contributed by atoms with Gasteiger partial charge in [0, 0.05) is 24.5 Å². The van der Waals surface area contributed by atoms with E-state index in [4.69, 9.17) is 9.47 Å². The zero-order valence-corrected chi connectivity index (χ0v) is 22.4. The van der Waals surface area contributed by atoms with Crippen molar-refractivity contribution in [2.24, 2.45) is 11.8 Å². The smallest absolute Gasteiger partial charge is 0.303 e. The second kappa shape index (κ2) is 13.6. The molecule has 3 atom stereocenters. The van der Waals surface area contributed by atoms with Crippen molar-refractivity contribution in [2.75, 3.05) is 33.9 Å². The molecule has 0 amide bonds. The summed E-state index contributed by atoms with van der Waals surface area (Å²) in [7, 11) is 3.27. The molecule has 0 unspecified atom stereocenters. The van der Waals surface area contributed by atoms with Gasteiger partial charge in [-0.1, -0.05) is 12.1 Å². The molecule has 2 aromatic carbocycles. The number of unbranched alkanes of at least 4 members (excludes halogenated alkanes) is 1. The second-order valence-corrected chi connectivity index (χ2v) is 10.3. The van der Waals surface area contributed by atoms with Gasteiger partial charge in [-0.15, -0.1) is 0 Å². The number of aromatic nitrogens is 1. The van der Waals surface area contributed by atoms with E-state index in [1.165, 1.54) is 5.56 Å². The molecular formula is C31H39FN2O4. The molecule has 1 aliphatic heterocycles. The maximum atomic E-state index is 15.5. The average Bonchev–Trinajstić information content (AvgIpc) is 2.94. The average molecular weight is 523 g/mol. The predicted molar refractivity (Wildman–Crippen MR) is 148 cm³/mol. The Bertz CT molecular complexity index is 1190. The number of piperidine rings is 1. The Morgan fingerprint density at radius 1 is 1.08 bits per heavy atom. The SMILES string of the molecule is COc1ccc(CCCCN2CC[C@@H](CC[C@H](F)c3ccnc4ccc(OC)cc34)[C@@H](CC(=O)O)C2)cc1. The van der Waals surface area contributed by atoms with Crippen LogP contribution < -0.4 is 9.47 Å². The molecule has 38 heavy (non-hydrogen) atoms. The molecule has 204 valence electrons. The second-order valence-electron chi connectivity index (χ2n) is 10.3. The minimum Gasteiger partial charge on any atom is -0.497 e. The van der Waals surface area contributed by atoms with Gasteiger partial charge in [-0.2, -0.15) is 0 Å². The minimum absolute atomic E-state index is 0.0457. The topological polar surface area (TPSA) is 71.9 Å². The Kier molecular flexibility index (Phi) is 9.93. The number of fused-ring (bicyclic) bond motifs is 1. The highest BCUT2D eigenvalue weighted by atomic mass is 19.1. The Labute approximate surface area is 224 Å². The number of methoxy groups -OCH3 is 2. The number of hydrogen-bond donors (Lipinski definition) is 1. The number of carboxylic acid groups (broad SMARTS) is 1. The van der Waals surface area contributed by atoms with Crippen LogP contribution in [0.2, 0.25) is 0 Å². The first-order valence-electron chi connectivity index (χ1n) is 13.6. The number of carboxylic acids is 1. The molecule has 2 heterocycles. The maximum absolute atomic E-state index is 15.5. The number of pyridine rings is 1. The van der Waals surface area contributed by atoms with E-state index in [-0.39, 0.29) is 18.3 Å². The van der Waals surface area contributed by atoms with Crippen LogP contribution >= 0.6 is 0 Å². The lowest BCUT2D eigenvalue weighted by molar-refractivity contribution is -0.139. The van der Waals surface area contributed by atoms with E-state index in [1.54, 1.807) is 26.5 Å². The van der Waals surface area contributed by atoms with Crippen LogP contribution in [0.3, 0.4) is 0 Å². The molecule has 3 aromatic rings. The Hall–Kier alpha value is -3.19. The molecule has 0 aliphatic carbocycles. The highest BCUT2D eigenvalue weighted by Gasteiger charge is 2.31. The molecule has 1 aromatic heterocycles. The van der Waals surface area contributed by atoms with Crippen LogP contribution in [-0.4, -0.2) is 54.8 Å². The summed E-state index contributed by atoms with van der Waals surface area (Å²) in [6.45, 7) is 2.68. The van der Waals surface area contributed by atoms with Crippen molar-refractivity contribution in [3.63, 3.8) is 0 Å². The number of likely N-dealkylation sites (tertiary alicyclic amines) is 1. The molecule has 6 nitrogen and oxygen atoms in total. The monoisotopic (exact) mass is 522 g/mol. The number of ether oxygens (including phenoxy) is 2. The normalized spacial score (nSPS) is 18.8. The lowest BCUT2D eigenvalue weighted by atomic mass is 9.79. The summed E-state index contributed by atoms with van der Waals surface area (Å²) in [5.41, 5.74) is 2.67. The number of hydrogen-bond acceptors (Lipinski definition) is 5. The molecular weight excluding hydrogens is 483 g/mol. The molecule has 1 N–H and O–H groups in total. The van der Waals surface area contributed by atoms with Crippen LogP contribution in [0.1, 0.15) is 55.8 Å². The van der Waals surface area contributed by atoms with Crippen molar-refractivity contribution < 1.29 is 23.8 Å². The molecule has 7 heteroatoms. The Balaban J connectivity index is 1.29. The van der Waals surface area contributed by atoms with Crippen molar-refractivity contribution in [1.29, 1.82) is 0 Å². The van der Waals surface area contributed by atoms with Crippen LogP contribution in [-0.2, 0) is 11.2 Å². The number of halogens is 1. The summed E-state index contributed by atoms with van der Waals surface area (Å²) in [6, 6.07) is 15.5. The van der Waals surface area contributed by atoms with Crippen LogP contribution in [0.25, 0.3) is 10.9 Å². The molecule has 0 saturated carbocycles. The first-order valence-corrected chi connectivity index (χ1v) is 13.6. The first-order chi connectivity index (χ1) is 18.5. The zero-order chi connectivity index (χ0) is 26.9. The number of alkyl halides is 1. The number of nitrogens with zero attached hydrogens (tertiary/aromatic N) is 2.